The van der Waals surface area contributed by atoms with Gasteiger partial charge in [0.2, 0.25) is 0 Å². The van der Waals surface area contributed by atoms with Crippen LogP contribution in [-0.4, -0.2) is 76.1 Å². The van der Waals surface area contributed by atoms with Crippen molar-refractivity contribution in [3.63, 3.8) is 0 Å². The fourth-order valence-electron chi connectivity index (χ4n) is 1.70. The molecule has 1 rings (SSSR count). The van der Waals surface area contributed by atoms with E-state index in [1.165, 1.54) is 18.5 Å². The van der Waals surface area contributed by atoms with Crippen molar-refractivity contribution in [1.29, 1.82) is 0 Å². The third-order valence-electron chi connectivity index (χ3n) is 3.57. The number of nitrogens with zero attached hydrogens (tertiary/aromatic N) is 3. The van der Waals surface area contributed by atoms with E-state index >= 15 is 0 Å². The van der Waals surface area contributed by atoms with Crippen LogP contribution < -0.4 is 0 Å². The maximum absolute atomic E-state index is 2.25. The molecule has 0 spiro atoms. The molecular formula is C18H35N3. The lowest BCUT2D eigenvalue weighted by atomic mass is 10.1. The van der Waals surface area contributed by atoms with E-state index in [9.17, 15) is 0 Å². The number of hydrogen-bond acceptors (Lipinski definition) is 3. The third kappa shape index (κ3) is 12.5. The minimum Gasteiger partial charge on any atom is -0.309 e. The average Bonchev–Trinajstić information content (AvgIpc) is 2.44. The Balaban J connectivity index is 0.000000384. The molecule has 0 radical (unpaired) electrons. The normalized spacial score (nSPS) is 12.5. The predicted octanol–water partition coefficient (Wildman–Crippen LogP) is 2.68. The fraction of sp³-hybridized carbons (Fsp3) is 0.667. The summed E-state index contributed by atoms with van der Waals surface area (Å²) in [5.74, 6) is 0. The zero-order valence-corrected chi connectivity index (χ0v) is 15.1. The molecule has 3 heteroatoms. The molecule has 0 amide bonds. The molecule has 0 heterocycles. The first-order valence-corrected chi connectivity index (χ1v) is 7.82. The highest BCUT2D eigenvalue weighted by Gasteiger charge is 2.03. The first kappa shape index (κ1) is 20.1. The maximum atomic E-state index is 2.25. The summed E-state index contributed by atoms with van der Waals surface area (Å²) >= 11 is 0. The van der Waals surface area contributed by atoms with Gasteiger partial charge in [-0.15, -0.1) is 0 Å². The van der Waals surface area contributed by atoms with Gasteiger partial charge >= 0.3 is 0 Å². The van der Waals surface area contributed by atoms with Gasteiger partial charge in [0, 0.05) is 12.6 Å². The highest BCUT2D eigenvalue weighted by atomic mass is 15.1. The molecule has 0 N–H and O–H groups in total. The number of rotatable bonds is 7. The molecule has 1 aromatic carbocycles. The highest BCUT2D eigenvalue weighted by molar-refractivity contribution is 5.14. The van der Waals surface area contributed by atoms with Gasteiger partial charge in [-0.1, -0.05) is 30.3 Å². The Morgan fingerprint density at radius 2 is 1.33 bits per heavy atom. The van der Waals surface area contributed by atoms with Crippen molar-refractivity contribution in [2.45, 2.75) is 25.8 Å². The Morgan fingerprint density at radius 3 is 1.76 bits per heavy atom. The molecule has 122 valence electrons. The van der Waals surface area contributed by atoms with Crippen LogP contribution in [0.3, 0.4) is 0 Å². The van der Waals surface area contributed by atoms with Gasteiger partial charge in [0.15, 0.2) is 0 Å². The van der Waals surface area contributed by atoms with Gasteiger partial charge in [-0.3, -0.25) is 0 Å². The van der Waals surface area contributed by atoms with Crippen LogP contribution in [0.1, 0.15) is 18.9 Å². The van der Waals surface area contributed by atoms with E-state index in [0.29, 0.717) is 6.04 Å². The molecule has 0 saturated heterocycles. The summed E-state index contributed by atoms with van der Waals surface area (Å²) in [6.45, 7) is 4.56. The fourth-order valence-corrected chi connectivity index (χ4v) is 1.70. The first-order valence-electron chi connectivity index (χ1n) is 7.82. The quantitative estimate of drug-likeness (QED) is 0.765. The highest BCUT2D eigenvalue weighted by Crippen LogP contribution is 1.99. The molecule has 0 aliphatic heterocycles. The van der Waals surface area contributed by atoms with Crippen molar-refractivity contribution in [2.75, 3.05) is 55.4 Å². The van der Waals surface area contributed by atoms with Crippen LogP contribution in [0.25, 0.3) is 0 Å². The molecular weight excluding hydrogens is 258 g/mol. The summed E-state index contributed by atoms with van der Waals surface area (Å²) in [7, 11) is 12.7. The number of benzene rings is 1. The molecule has 1 aromatic rings. The summed E-state index contributed by atoms with van der Waals surface area (Å²) in [6.07, 6.45) is 2.40. The van der Waals surface area contributed by atoms with Crippen LogP contribution in [0.2, 0.25) is 0 Å². The van der Waals surface area contributed by atoms with Gasteiger partial charge in [-0.2, -0.15) is 0 Å². The van der Waals surface area contributed by atoms with Gasteiger partial charge in [0.05, 0.1) is 0 Å². The summed E-state index contributed by atoms with van der Waals surface area (Å²) in [5, 5.41) is 0. The Morgan fingerprint density at radius 1 is 0.810 bits per heavy atom. The van der Waals surface area contributed by atoms with Crippen molar-refractivity contribution in [2.24, 2.45) is 0 Å². The predicted molar refractivity (Wildman–Crippen MR) is 95.0 cm³/mol. The number of hydrogen-bond donors (Lipinski definition) is 0. The molecule has 0 aliphatic rings. The van der Waals surface area contributed by atoms with E-state index in [2.05, 4.69) is 94.2 Å². The van der Waals surface area contributed by atoms with Crippen molar-refractivity contribution < 1.29 is 0 Å². The van der Waals surface area contributed by atoms with E-state index < -0.39 is 0 Å². The molecule has 0 saturated carbocycles. The van der Waals surface area contributed by atoms with Crippen LogP contribution in [-0.2, 0) is 6.42 Å². The Hall–Kier alpha value is -0.900. The lowest BCUT2D eigenvalue weighted by Crippen LogP contribution is -2.28. The third-order valence-corrected chi connectivity index (χ3v) is 3.57. The van der Waals surface area contributed by atoms with E-state index in [0.717, 1.165) is 13.0 Å². The van der Waals surface area contributed by atoms with Gasteiger partial charge in [-0.25, -0.2) is 0 Å². The standard InChI is InChI=1S/C10H15N.C8H20N2/c1-11(2)9-8-10-6-4-3-5-7-10;1-8(10(4)5)6-7-9(2)3/h3-7H,8-9H2,1-2H3;8H,6-7H2,1-5H3. The second-order valence-corrected chi connectivity index (χ2v) is 6.44. The maximum Gasteiger partial charge on any atom is 0.00730 e. The SMILES string of the molecule is CC(CCN(C)C)N(C)C.CN(C)CCc1ccccc1. The van der Waals surface area contributed by atoms with Crippen molar-refractivity contribution in [1.82, 2.24) is 14.7 Å². The first-order chi connectivity index (χ1) is 9.82. The van der Waals surface area contributed by atoms with Crippen LogP contribution in [0.15, 0.2) is 30.3 Å². The largest absolute Gasteiger partial charge is 0.309 e. The Kier molecular flexibility index (Phi) is 11.2. The summed E-state index contributed by atoms with van der Waals surface area (Å²) in [5.41, 5.74) is 1.42. The van der Waals surface area contributed by atoms with Gasteiger partial charge in [0.25, 0.3) is 0 Å². The lowest BCUT2D eigenvalue weighted by Gasteiger charge is -2.21. The topological polar surface area (TPSA) is 9.72 Å². The van der Waals surface area contributed by atoms with E-state index in [-0.39, 0.29) is 0 Å². The van der Waals surface area contributed by atoms with E-state index in [4.69, 9.17) is 0 Å². The van der Waals surface area contributed by atoms with Gasteiger partial charge < -0.3 is 14.7 Å². The van der Waals surface area contributed by atoms with E-state index in [1.807, 2.05) is 0 Å². The van der Waals surface area contributed by atoms with Crippen LogP contribution in [0.4, 0.5) is 0 Å². The van der Waals surface area contributed by atoms with Crippen molar-refractivity contribution >= 4 is 0 Å². The Bertz CT molecular complexity index is 334. The molecule has 0 aromatic heterocycles. The van der Waals surface area contributed by atoms with Crippen LogP contribution in [0, 0.1) is 0 Å². The average molecular weight is 293 g/mol. The molecule has 0 aliphatic carbocycles. The van der Waals surface area contributed by atoms with Gasteiger partial charge in [0.1, 0.15) is 0 Å². The molecule has 1 unspecified atom stereocenters. The summed E-state index contributed by atoms with van der Waals surface area (Å²) in [6, 6.07) is 11.3. The van der Waals surface area contributed by atoms with Crippen molar-refractivity contribution in [3.05, 3.63) is 35.9 Å². The van der Waals surface area contributed by atoms with Crippen LogP contribution >= 0.6 is 0 Å². The summed E-state index contributed by atoms with van der Waals surface area (Å²) < 4.78 is 0. The van der Waals surface area contributed by atoms with Crippen LogP contribution in [0.5, 0.6) is 0 Å². The summed E-state index contributed by atoms with van der Waals surface area (Å²) in [4.78, 5) is 6.68. The van der Waals surface area contributed by atoms with Crippen molar-refractivity contribution in [3.8, 4) is 0 Å². The van der Waals surface area contributed by atoms with E-state index in [1.54, 1.807) is 0 Å². The molecule has 0 fully saturated rings. The molecule has 1 atom stereocenters. The Labute approximate surface area is 132 Å². The second kappa shape index (κ2) is 11.7. The monoisotopic (exact) mass is 293 g/mol. The molecule has 0 bridgehead atoms. The smallest absolute Gasteiger partial charge is 0.00730 e. The minimum absolute atomic E-state index is 0.697. The van der Waals surface area contributed by atoms with Gasteiger partial charge in [-0.05, 0) is 74.2 Å². The molecule has 3 nitrogen and oxygen atoms in total. The minimum atomic E-state index is 0.697. The zero-order valence-electron chi connectivity index (χ0n) is 15.1. The second-order valence-electron chi connectivity index (χ2n) is 6.44. The number of likely N-dealkylation sites (N-methyl/N-ethyl adjacent to an activating group) is 1. The lowest BCUT2D eigenvalue weighted by molar-refractivity contribution is 0.267. The zero-order chi connectivity index (χ0) is 16.3. The molecule has 21 heavy (non-hydrogen) atoms.